The first-order valence-electron chi connectivity index (χ1n) is 7.25. The molecule has 0 aliphatic heterocycles. The maximum absolute atomic E-state index is 12.0. The number of halogens is 1. The Morgan fingerprint density at radius 3 is 2.38 bits per heavy atom. The average molecular weight is 368 g/mol. The molecule has 0 spiro atoms. The second-order valence-corrected chi connectivity index (χ2v) is 7.54. The molecule has 1 N–H and O–H groups in total. The number of hydrogen-bond acceptors (Lipinski definition) is 4. The molecular formula is C16H18ClN3O3S. The van der Waals surface area contributed by atoms with Gasteiger partial charge in [0.1, 0.15) is 0 Å². The summed E-state index contributed by atoms with van der Waals surface area (Å²) in [6, 6.07) is 10.0. The molecular weight excluding hydrogens is 350 g/mol. The van der Waals surface area contributed by atoms with E-state index in [0.717, 1.165) is 11.8 Å². The number of amides is 1. The summed E-state index contributed by atoms with van der Waals surface area (Å²) >= 11 is 5.82. The Labute approximate surface area is 146 Å². The summed E-state index contributed by atoms with van der Waals surface area (Å²) in [5, 5.41) is 3.27. The van der Waals surface area contributed by atoms with E-state index < -0.39 is 10.0 Å². The van der Waals surface area contributed by atoms with Crippen LogP contribution in [0.3, 0.4) is 0 Å². The Kier molecular flexibility index (Phi) is 6.16. The summed E-state index contributed by atoms with van der Waals surface area (Å²) in [6.45, 7) is 0.434. The second-order valence-electron chi connectivity index (χ2n) is 5.19. The van der Waals surface area contributed by atoms with Crippen molar-refractivity contribution in [2.75, 3.05) is 17.1 Å². The summed E-state index contributed by atoms with van der Waals surface area (Å²) in [5.41, 5.74) is 1.40. The Morgan fingerprint density at radius 1 is 1.17 bits per heavy atom. The second kappa shape index (κ2) is 8.12. The van der Waals surface area contributed by atoms with Gasteiger partial charge in [-0.15, -0.1) is 0 Å². The Hall–Kier alpha value is -2.12. The predicted molar refractivity (Wildman–Crippen MR) is 94.3 cm³/mol. The third-order valence-electron chi connectivity index (χ3n) is 3.30. The highest BCUT2D eigenvalue weighted by Gasteiger charge is 2.18. The molecule has 0 saturated heterocycles. The van der Waals surface area contributed by atoms with Crippen molar-refractivity contribution in [3.05, 3.63) is 59.4 Å². The standard InChI is InChI=1S/C16H18ClN3O3S/c1-24(22,23)20(15-4-2-14(17)3-5-15)11-8-16(21)19-12-13-6-9-18-10-7-13/h2-7,9-10H,8,11-12H2,1H3,(H,19,21). The highest BCUT2D eigenvalue weighted by molar-refractivity contribution is 7.92. The molecule has 128 valence electrons. The lowest BCUT2D eigenvalue weighted by Crippen LogP contribution is -2.34. The minimum Gasteiger partial charge on any atom is -0.352 e. The van der Waals surface area contributed by atoms with Gasteiger partial charge in [-0.05, 0) is 42.0 Å². The zero-order valence-electron chi connectivity index (χ0n) is 13.1. The van der Waals surface area contributed by atoms with Crippen LogP contribution in [0.5, 0.6) is 0 Å². The third-order valence-corrected chi connectivity index (χ3v) is 4.74. The fourth-order valence-electron chi connectivity index (χ4n) is 2.09. The van der Waals surface area contributed by atoms with Crippen LogP contribution in [-0.4, -0.2) is 32.1 Å². The van der Waals surface area contributed by atoms with Crippen LogP contribution in [0, 0.1) is 0 Å². The number of sulfonamides is 1. The first-order valence-corrected chi connectivity index (χ1v) is 9.48. The van der Waals surface area contributed by atoms with Gasteiger partial charge >= 0.3 is 0 Å². The summed E-state index contributed by atoms with van der Waals surface area (Å²) < 4.78 is 25.1. The summed E-state index contributed by atoms with van der Waals surface area (Å²) in [4.78, 5) is 15.9. The van der Waals surface area contributed by atoms with E-state index in [-0.39, 0.29) is 18.9 Å². The van der Waals surface area contributed by atoms with Crippen molar-refractivity contribution in [2.24, 2.45) is 0 Å². The lowest BCUT2D eigenvalue weighted by molar-refractivity contribution is -0.121. The molecule has 0 unspecified atom stereocenters. The molecule has 8 heteroatoms. The molecule has 0 saturated carbocycles. The Balaban J connectivity index is 1.95. The molecule has 1 aromatic carbocycles. The van der Waals surface area contributed by atoms with Crippen molar-refractivity contribution in [2.45, 2.75) is 13.0 Å². The van der Waals surface area contributed by atoms with Gasteiger partial charge in [-0.1, -0.05) is 11.6 Å². The van der Waals surface area contributed by atoms with Crippen LogP contribution < -0.4 is 9.62 Å². The van der Waals surface area contributed by atoms with Crippen molar-refractivity contribution in [1.82, 2.24) is 10.3 Å². The van der Waals surface area contributed by atoms with Crippen LogP contribution in [0.2, 0.25) is 5.02 Å². The predicted octanol–water partition coefficient (Wildman–Crippen LogP) is 2.21. The van der Waals surface area contributed by atoms with Gasteiger partial charge in [-0.3, -0.25) is 14.1 Å². The average Bonchev–Trinajstić information content (AvgIpc) is 2.54. The smallest absolute Gasteiger partial charge is 0.232 e. The quantitative estimate of drug-likeness (QED) is 0.813. The van der Waals surface area contributed by atoms with Gasteiger partial charge < -0.3 is 5.32 Å². The summed E-state index contributed by atoms with van der Waals surface area (Å²) in [7, 11) is -3.49. The minimum absolute atomic E-state index is 0.0563. The van der Waals surface area contributed by atoms with E-state index in [1.807, 2.05) is 0 Å². The molecule has 0 radical (unpaired) electrons. The van der Waals surface area contributed by atoms with Crippen molar-refractivity contribution in [3.63, 3.8) is 0 Å². The molecule has 1 amide bonds. The molecule has 2 rings (SSSR count). The van der Waals surface area contributed by atoms with E-state index in [9.17, 15) is 13.2 Å². The van der Waals surface area contributed by atoms with Crippen LogP contribution in [-0.2, 0) is 21.4 Å². The van der Waals surface area contributed by atoms with E-state index >= 15 is 0 Å². The fraction of sp³-hybridized carbons (Fsp3) is 0.250. The largest absolute Gasteiger partial charge is 0.352 e. The van der Waals surface area contributed by atoms with Gasteiger partial charge in [-0.25, -0.2) is 8.42 Å². The molecule has 1 aromatic heterocycles. The molecule has 6 nitrogen and oxygen atoms in total. The topological polar surface area (TPSA) is 79.4 Å². The number of aromatic nitrogens is 1. The van der Waals surface area contributed by atoms with Crippen molar-refractivity contribution >= 4 is 33.2 Å². The van der Waals surface area contributed by atoms with Gasteiger partial charge in [0.2, 0.25) is 15.9 Å². The van der Waals surface area contributed by atoms with E-state index in [4.69, 9.17) is 11.6 Å². The SMILES string of the molecule is CS(=O)(=O)N(CCC(=O)NCc1ccncc1)c1ccc(Cl)cc1. The monoisotopic (exact) mass is 367 g/mol. The van der Waals surface area contributed by atoms with Crippen molar-refractivity contribution in [3.8, 4) is 0 Å². The lowest BCUT2D eigenvalue weighted by atomic mass is 10.2. The normalized spacial score (nSPS) is 11.1. The molecule has 0 atom stereocenters. The Morgan fingerprint density at radius 2 is 1.79 bits per heavy atom. The molecule has 0 aliphatic carbocycles. The molecule has 2 aromatic rings. The van der Waals surface area contributed by atoms with Gasteiger partial charge in [0, 0.05) is 36.9 Å². The van der Waals surface area contributed by atoms with Crippen LogP contribution >= 0.6 is 11.6 Å². The van der Waals surface area contributed by atoms with E-state index in [2.05, 4.69) is 10.3 Å². The third kappa shape index (κ3) is 5.50. The van der Waals surface area contributed by atoms with Gasteiger partial charge in [0.25, 0.3) is 0 Å². The number of anilines is 1. The molecule has 24 heavy (non-hydrogen) atoms. The highest BCUT2D eigenvalue weighted by Crippen LogP contribution is 2.20. The van der Waals surface area contributed by atoms with Gasteiger partial charge in [-0.2, -0.15) is 0 Å². The molecule has 0 fully saturated rings. The van der Waals surface area contributed by atoms with E-state index in [1.165, 1.54) is 4.31 Å². The highest BCUT2D eigenvalue weighted by atomic mass is 35.5. The first-order chi connectivity index (χ1) is 11.4. The Bertz CT molecular complexity index is 780. The van der Waals surface area contributed by atoms with Crippen LogP contribution in [0.1, 0.15) is 12.0 Å². The van der Waals surface area contributed by atoms with Gasteiger partial charge in [0.05, 0.1) is 11.9 Å². The minimum atomic E-state index is -3.49. The van der Waals surface area contributed by atoms with Crippen LogP contribution in [0.25, 0.3) is 0 Å². The zero-order valence-corrected chi connectivity index (χ0v) is 14.7. The van der Waals surface area contributed by atoms with E-state index in [0.29, 0.717) is 17.3 Å². The van der Waals surface area contributed by atoms with Crippen molar-refractivity contribution < 1.29 is 13.2 Å². The zero-order chi connectivity index (χ0) is 17.6. The fourth-order valence-corrected chi connectivity index (χ4v) is 3.14. The number of hydrogen-bond donors (Lipinski definition) is 1. The maximum Gasteiger partial charge on any atom is 0.232 e. The number of pyridine rings is 1. The first kappa shape index (κ1) is 18.2. The molecule has 0 bridgehead atoms. The number of carbonyl (C=O) groups is 1. The number of nitrogens with one attached hydrogen (secondary N) is 1. The summed E-state index contributed by atoms with van der Waals surface area (Å²) in [5.74, 6) is -0.227. The lowest BCUT2D eigenvalue weighted by Gasteiger charge is -2.22. The van der Waals surface area contributed by atoms with Crippen molar-refractivity contribution in [1.29, 1.82) is 0 Å². The number of rotatable bonds is 7. The molecule has 1 heterocycles. The maximum atomic E-state index is 12.0. The molecule has 0 aliphatic rings. The van der Waals surface area contributed by atoms with Crippen LogP contribution in [0.15, 0.2) is 48.8 Å². The number of benzene rings is 1. The summed E-state index contributed by atoms with van der Waals surface area (Å²) in [6.07, 6.45) is 4.46. The number of carbonyl (C=O) groups excluding carboxylic acids is 1. The van der Waals surface area contributed by atoms with Crippen LogP contribution in [0.4, 0.5) is 5.69 Å². The number of nitrogens with zero attached hydrogens (tertiary/aromatic N) is 2. The van der Waals surface area contributed by atoms with E-state index in [1.54, 1.807) is 48.8 Å². The van der Waals surface area contributed by atoms with Gasteiger partial charge in [0.15, 0.2) is 0 Å².